The number of nitrogens with one attached hydrogen (secondary N) is 1. The van der Waals surface area contributed by atoms with E-state index in [0.717, 1.165) is 23.0 Å². The standard InChI is InChI=1S/C21H14N6O5S2/c1-11(26-18(29)14-3-2-4-15(27(31)32)16(14)19(26)30)17(28)23-20-24-25-21(34-20)33-10-13-7-5-12(9-22)6-8-13/h2-8,11H,10H2,1H3,(H,23,24,28). The van der Waals surface area contributed by atoms with Gasteiger partial charge in [-0.25, -0.2) is 0 Å². The fourth-order valence-electron chi connectivity index (χ4n) is 3.26. The van der Waals surface area contributed by atoms with Gasteiger partial charge in [-0.2, -0.15) is 5.26 Å². The minimum atomic E-state index is -1.23. The van der Waals surface area contributed by atoms with E-state index in [-0.39, 0.29) is 16.3 Å². The Morgan fingerprint density at radius 1 is 1.24 bits per heavy atom. The lowest BCUT2D eigenvalue weighted by Gasteiger charge is -2.20. The summed E-state index contributed by atoms with van der Waals surface area (Å²) >= 11 is 2.52. The van der Waals surface area contributed by atoms with Crippen LogP contribution < -0.4 is 5.32 Å². The number of carbonyl (C=O) groups is 3. The average molecular weight is 495 g/mol. The highest BCUT2D eigenvalue weighted by Gasteiger charge is 2.45. The molecule has 0 saturated heterocycles. The van der Waals surface area contributed by atoms with Crippen LogP contribution >= 0.6 is 23.1 Å². The summed E-state index contributed by atoms with van der Waals surface area (Å²) in [5.74, 6) is -1.77. The second-order valence-corrected chi connectivity index (χ2v) is 9.27. The summed E-state index contributed by atoms with van der Waals surface area (Å²) in [7, 11) is 0. The molecule has 1 aliphatic rings. The lowest BCUT2D eigenvalue weighted by Crippen LogP contribution is -2.45. The molecule has 0 aliphatic carbocycles. The maximum atomic E-state index is 12.8. The molecule has 1 unspecified atom stereocenters. The third-order valence-corrected chi connectivity index (χ3v) is 7.01. The number of hydrogen-bond acceptors (Lipinski definition) is 10. The highest BCUT2D eigenvalue weighted by atomic mass is 32.2. The van der Waals surface area contributed by atoms with E-state index in [0.29, 0.717) is 20.6 Å². The monoisotopic (exact) mass is 494 g/mol. The van der Waals surface area contributed by atoms with Crippen LogP contribution in [0, 0.1) is 21.4 Å². The van der Waals surface area contributed by atoms with Crippen LogP contribution in [0.1, 0.15) is 38.8 Å². The van der Waals surface area contributed by atoms with E-state index >= 15 is 0 Å². The highest BCUT2D eigenvalue weighted by molar-refractivity contribution is 8.00. The minimum Gasteiger partial charge on any atom is -0.299 e. The molecule has 0 fully saturated rings. The van der Waals surface area contributed by atoms with Crippen molar-refractivity contribution in [3.05, 3.63) is 74.8 Å². The van der Waals surface area contributed by atoms with Gasteiger partial charge < -0.3 is 0 Å². The van der Waals surface area contributed by atoms with Crippen LogP contribution in [0.4, 0.5) is 10.8 Å². The zero-order valence-electron chi connectivity index (χ0n) is 17.4. The number of nitro groups is 1. The molecular weight excluding hydrogens is 480 g/mol. The zero-order valence-corrected chi connectivity index (χ0v) is 19.1. The Bertz CT molecular complexity index is 1360. The largest absolute Gasteiger partial charge is 0.299 e. The number of nitro benzene ring substituents is 1. The first-order valence-electron chi connectivity index (χ1n) is 9.71. The third-order valence-electron chi connectivity index (χ3n) is 4.97. The molecule has 0 saturated carbocycles. The molecule has 11 nitrogen and oxygen atoms in total. The van der Waals surface area contributed by atoms with Crippen molar-refractivity contribution >= 4 is 51.6 Å². The van der Waals surface area contributed by atoms with E-state index in [1.54, 1.807) is 12.1 Å². The molecule has 34 heavy (non-hydrogen) atoms. The van der Waals surface area contributed by atoms with Gasteiger partial charge in [0.05, 0.1) is 22.1 Å². The summed E-state index contributed by atoms with van der Waals surface area (Å²) in [5, 5.41) is 30.8. The Kier molecular flexibility index (Phi) is 6.35. The van der Waals surface area contributed by atoms with Crippen LogP contribution in [-0.2, 0) is 10.5 Å². The van der Waals surface area contributed by atoms with Crippen molar-refractivity contribution in [3.63, 3.8) is 0 Å². The number of nitriles is 1. The molecule has 0 radical (unpaired) electrons. The number of fused-ring (bicyclic) bond motifs is 1. The van der Waals surface area contributed by atoms with Gasteiger partial charge in [0.2, 0.25) is 11.0 Å². The SMILES string of the molecule is CC(C(=O)Nc1nnc(SCc2ccc(C#N)cc2)s1)N1C(=O)c2cccc([N+](=O)[O-])c2C1=O. The van der Waals surface area contributed by atoms with E-state index in [9.17, 15) is 24.5 Å². The summed E-state index contributed by atoms with van der Waals surface area (Å²) in [4.78, 5) is 49.4. The maximum absolute atomic E-state index is 12.8. The summed E-state index contributed by atoms with van der Waals surface area (Å²) in [6, 6.07) is 11.7. The Labute approximate surface area is 200 Å². The van der Waals surface area contributed by atoms with Crippen molar-refractivity contribution in [1.29, 1.82) is 5.26 Å². The number of benzene rings is 2. The fraction of sp³-hybridized carbons (Fsp3) is 0.143. The molecule has 13 heteroatoms. The number of amides is 3. The normalized spacial score (nSPS) is 13.4. The van der Waals surface area contributed by atoms with Gasteiger partial charge in [0.1, 0.15) is 11.6 Å². The molecule has 3 amide bonds. The van der Waals surface area contributed by atoms with Crippen molar-refractivity contribution in [2.45, 2.75) is 23.1 Å². The average Bonchev–Trinajstić information content (AvgIpc) is 3.39. The summed E-state index contributed by atoms with van der Waals surface area (Å²) in [6.07, 6.45) is 0. The Hall–Kier alpha value is -4.15. The lowest BCUT2D eigenvalue weighted by molar-refractivity contribution is -0.385. The molecule has 0 spiro atoms. The molecule has 3 aromatic rings. The van der Waals surface area contributed by atoms with Gasteiger partial charge in [-0.15, -0.1) is 10.2 Å². The first-order valence-corrected chi connectivity index (χ1v) is 11.5. The molecular formula is C21H14N6O5S2. The molecule has 1 aliphatic heterocycles. The maximum Gasteiger partial charge on any atom is 0.282 e. The molecule has 1 atom stereocenters. The van der Waals surface area contributed by atoms with Crippen molar-refractivity contribution in [1.82, 2.24) is 15.1 Å². The number of anilines is 1. The fourth-order valence-corrected chi connectivity index (χ4v) is 4.97. The van der Waals surface area contributed by atoms with Crippen molar-refractivity contribution in [3.8, 4) is 6.07 Å². The predicted octanol–water partition coefficient (Wildman–Crippen LogP) is 3.23. The second-order valence-electron chi connectivity index (χ2n) is 7.07. The Morgan fingerprint density at radius 3 is 2.65 bits per heavy atom. The molecule has 0 bridgehead atoms. The smallest absolute Gasteiger partial charge is 0.282 e. The summed E-state index contributed by atoms with van der Waals surface area (Å²) in [6.45, 7) is 1.35. The number of rotatable bonds is 7. The van der Waals surface area contributed by atoms with E-state index in [2.05, 4.69) is 21.6 Å². The quantitative estimate of drug-likeness (QED) is 0.171. The van der Waals surface area contributed by atoms with Gasteiger partial charge in [-0.3, -0.25) is 34.7 Å². The van der Waals surface area contributed by atoms with Gasteiger partial charge in [0.25, 0.3) is 17.5 Å². The van der Waals surface area contributed by atoms with E-state index < -0.39 is 34.4 Å². The van der Waals surface area contributed by atoms with Crippen molar-refractivity contribution in [2.75, 3.05) is 5.32 Å². The summed E-state index contributed by atoms with van der Waals surface area (Å²) < 4.78 is 0.587. The van der Waals surface area contributed by atoms with Crippen LogP contribution in [0.5, 0.6) is 0 Å². The van der Waals surface area contributed by atoms with E-state index in [1.807, 2.05) is 12.1 Å². The van der Waals surface area contributed by atoms with Crippen LogP contribution in [0.3, 0.4) is 0 Å². The topological polar surface area (TPSA) is 159 Å². The van der Waals surface area contributed by atoms with Gasteiger partial charge in [0.15, 0.2) is 4.34 Å². The van der Waals surface area contributed by atoms with Crippen LogP contribution in [0.2, 0.25) is 0 Å². The van der Waals surface area contributed by atoms with Gasteiger partial charge in [-0.1, -0.05) is 41.3 Å². The highest BCUT2D eigenvalue weighted by Crippen LogP contribution is 2.33. The molecule has 1 aromatic heterocycles. The number of aromatic nitrogens is 2. The predicted molar refractivity (Wildman–Crippen MR) is 122 cm³/mol. The molecule has 2 aromatic carbocycles. The van der Waals surface area contributed by atoms with Crippen molar-refractivity contribution < 1.29 is 19.3 Å². The molecule has 170 valence electrons. The lowest BCUT2D eigenvalue weighted by atomic mass is 10.1. The number of thioether (sulfide) groups is 1. The molecule has 1 N–H and O–H groups in total. The van der Waals surface area contributed by atoms with Crippen molar-refractivity contribution in [2.24, 2.45) is 0 Å². The number of hydrogen-bond donors (Lipinski definition) is 1. The molecule has 4 rings (SSSR count). The summed E-state index contributed by atoms with van der Waals surface area (Å²) in [5.41, 5.74) is 0.624. The zero-order chi connectivity index (χ0) is 24.4. The number of nitrogens with zero attached hydrogens (tertiary/aromatic N) is 5. The Morgan fingerprint density at radius 2 is 1.97 bits per heavy atom. The minimum absolute atomic E-state index is 0.115. The number of carbonyl (C=O) groups excluding carboxylic acids is 3. The van der Waals surface area contributed by atoms with E-state index in [4.69, 9.17) is 5.26 Å². The van der Waals surface area contributed by atoms with Crippen LogP contribution in [0.15, 0.2) is 46.8 Å². The third kappa shape index (κ3) is 4.36. The Balaban J connectivity index is 1.41. The van der Waals surface area contributed by atoms with Gasteiger partial charge >= 0.3 is 0 Å². The molecule has 2 heterocycles. The number of imide groups is 1. The first kappa shape index (κ1) is 23.0. The van der Waals surface area contributed by atoms with Gasteiger partial charge in [-0.05, 0) is 30.7 Å². The van der Waals surface area contributed by atoms with Gasteiger partial charge in [0, 0.05) is 11.8 Å². The van der Waals surface area contributed by atoms with Crippen LogP contribution in [0.25, 0.3) is 0 Å². The van der Waals surface area contributed by atoms with E-state index in [1.165, 1.54) is 30.8 Å². The second kappa shape index (κ2) is 9.38. The van der Waals surface area contributed by atoms with Crippen LogP contribution in [-0.4, -0.2) is 43.8 Å². The first-order chi connectivity index (χ1) is 16.3.